The number of urea groups is 1. The van der Waals surface area contributed by atoms with Gasteiger partial charge in [-0.25, -0.2) is 4.79 Å². The second-order valence-corrected chi connectivity index (χ2v) is 10.5. The van der Waals surface area contributed by atoms with Crippen LogP contribution >= 0.6 is 0 Å². The SMILES string of the molecule is Cc1ccc(NC(=O)C(=O)NC2CCN(C(=O)NC3CC(C)(C)NC(C)(C)C3)CC2)cc1. The summed E-state index contributed by atoms with van der Waals surface area (Å²) in [5.74, 6) is -1.32. The van der Waals surface area contributed by atoms with Gasteiger partial charge in [-0.05, 0) is 72.4 Å². The summed E-state index contributed by atoms with van der Waals surface area (Å²) in [5.41, 5.74) is 1.61. The van der Waals surface area contributed by atoms with Gasteiger partial charge >= 0.3 is 17.8 Å². The van der Waals surface area contributed by atoms with Gasteiger partial charge in [-0.1, -0.05) is 17.7 Å². The molecule has 8 heteroatoms. The van der Waals surface area contributed by atoms with Crippen LogP contribution in [-0.2, 0) is 9.59 Å². The van der Waals surface area contributed by atoms with Gasteiger partial charge in [0, 0.05) is 41.9 Å². The fraction of sp³-hybridized carbons (Fsp3) is 0.625. The Bertz CT molecular complexity index is 826. The molecule has 4 amide bonds. The minimum Gasteiger partial charge on any atom is -0.345 e. The third-order valence-corrected chi connectivity index (χ3v) is 6.15. The second-order valence-electron chi connectivity index (χ2n) is 10.5. The fourth-order valence-corrected chi connectivity index (χ4v) is 4.99. The van der Waals surface area contributed by atoms with E-state index in [-0.39, 0.29) is 29.2 Å². The third kappa shape index (κ3) is 6.69. The minimum absolute atomic E-state index is 0.0316. The number of hydrogen-bond donors (Lipinski definition) is 4. The molecule has 8 nitrogen and oxygen atoms in total. The first kappa shape index (κ1) is 24.0. The van der Waals surface area contributed by atoms with E-state index in [9.17, 15) is 14.4 Å². The molecule has 32 heavy (non-hydrogen) atoms. The number of carbonyl (C=O) groups is 3. The predicted octanol–water partition coefficient (Wildman–Crippen LogP) is 2.53. The van der Waals surface area contributed by atoms with Crippen molar-refractivity contribution in [1.29, 1.82) is 0 Å². The monoisotopic (exact) mass is 443 g/mol. The van der Waals surface area contributed by atoms with E-state index in [1.807, 2.05) is 19.1 Å². The van der Waals surface area contributed by atoms with Crippen LogP contribution < -0.4 is 21.3 Å². The molecule has 2 aliphatic heterocycles. The molecule has 176 valence electrons. The lowest BCUT2D eigenvalue weighted by Crippen LogP contribution is -2.63. The van der Waals surface area contributed by atoms with Gasteiger partial charge in [-0.15, -0.1) is 0 Å². The molecule has 2 aliphatic rings. The Morgan fingerprint density at radius 2 is 1.44 bits per heavy atom. The van der Waals surface area contributed by atoms with Crippen molar-refractivity contribution >= 4 is 23.5 Å². The maximum Gasteiger partial charge on any atom is 0.317 e. The van der Waals surface area contributed by atoms with E-state index in [0.29, 0.717) is 31.6 Å². The number of amides is 4. The maximum absolute atomic E-state index is 12.8. The Balaban J connectivity index is 1.43. The van der Waals surface area contributed by atoms with Crippen LogP contribution in [0.25, 0.3) is 0 Å². The molecule has 0 saturated carbocycles. The summed E-state index contributed by atoms with van der Waals surface area (Å²) >= 11 is 0. The van der Waals surface area contributed by atoms with Crippen molar-refractivity contribution in [3.05, 3.63) is 29.8 Å². The number of benzene rings is 1. The molecule has 0 spiro atoms. The molecular weight excluding hydrogens is 406 g/mol. The molecule has 1 aromatic rings. The molecule has 0 aromatic heterocycles. The number of aryl methyl sites for hydroxylation is 1. The number of carbonyl (C=O) groups excluding carboxylic acids is 3. The highest BCUT2D eigenvalue weighted by atomic mass is 16.2. The molecule has 0 unspecified atom stereocenters. The predicted molar refractivity (Wildman–Crippen MR) is 125 cm³/mol. The van der Waals surface area contributed by atoms with E-state index in [4.69, 9.17) is 0 Å². The Hall–Kier alpha value is -2.61. The second kappa shape index (κ2) is 9.48. The summed E-state index contributed by atoms with van der Waals surface area (Å²) in [4.78, 5) is 39.0. The summed E-state index contributed by atoms with van der Waals surface area (Å²) in [7, 11) is 0. The Labute approximate surface area is 190 Å². The Morgan fingerprint density at radius 3 is 2.00 bits per heavy atom. The van der Waals surface area contributed by atoms with Gasteiger partial charge in [-0.2, -0.15) is 0 Å². The fourth-order valence-electron chi connectivity index (χ4n) is 4.99. The van der Waals surface area contributed by atoms with Gasteiger partial charge in [0.1, 0.15) is 0 Å². The Morgan fingerprint density at radius 1 is 0.875 bits per heavy atom. The molecule has 1 aromatic carbocycles. The van der Waals surface area contributed by atoms with Crippen LogP contribution in [0.5, 0.6) is 0 Å². The molecule has 2 fully saturated rings. The highest BCUT2D eigenvalue weighted by Gasteiger charge is 2.38. The van der Waals surface area contributed by atoms with Crippen LogP contribution in [-0.4, -0.2) is 59.0 Å². The standard InChI is InChI=1S/C24H37N5O3/c1-16-6-8-17(9-7-16)25-20(30)21(31)26-18-10-12-29(13-11-18)22(32)27-19-14-23(2,3)28-24(4,5)15-19/h6-9,18-19,28H,10-15H2,1-5H3,(H,25,30)(H,26,31)(H,27,32). The quantitative estimate of drug-likeness (QED) is 0.539. The van der Waals surface area contributed by atoms with E-state index < -0.39 is 11.8 Å². The van der Waals surface area contributed by atoms with Crippen molar-refractivity contribution in [1.82, 2.24) is 20.9 Å². The van der Waals surface area contributed by atoms with E-state index >= 15 is 0 Å². The first-order chi connectivity index (χ1) is 14.9. The van der Waals surface area contributed by atoms with E-state index in [1.165, 1.54) is 0 Å². The van der Waals surface area contributed by atoms with Crippen molar-refractivity contribution in [2.75, 3.05) is 18.4 Å². The number of nitrogens with one attached hydrogen (secondary N) is 4. The van der Waals surface area contributed by atoms with Gasteiger partial charge in [0.25, 0.3) is 0 Å². The Kier molecular flexibility index (Phi) is 7.12. The van der Waals surface area contributed by atoms with Crippen LogP contribution in [0.15, 0.2) is 24.3 Å². The normalized spacial score (nSPS) is 21.0. The van der Waals surface area contributed by atoms with Crippen LogP contribution in [0.2, 0.25) is 0 Å². The average molecular weight is 444 g/mol. The molecule has 0 aliphatic carbocycles. The highest BCUT2D eigenvalue weighted by molar-refractivity contribution is 6.39. The number of likely N-dealkylation sites (tertiary alicyclic amines) is 1. The van der Waals surface area contributed by atoms with Crippen LogP contribution in [0.4, 0.5) is 10.5 Å². The van der Waals surface area contributed by atoms with Crippen molar-refractivity contribution in [2.45, 2.75) is 83.5 Å². The minimum atomic E-state index is -0.676. The van der Waals surface area contributed by atoms with Gasteiger partial charge in [-0.3, -0.25) is 9.59 Å². The average Bonchev–Trinajstić information content (AvgIpc) is 2.67. The summed E-state index contributed by atoms with van der Waals surface area (Å²) in [6, 6.07) is 7.24. The number of anilines is 1. The molecule has 4 N–H and O–H groups in total. The van der Waals surface area contributed by atoms with Crippen LogP contribution in [0.3, 0.4) is 0 Å². The zero-order chi connectivity index (χ0) is 23.5. The van der Waals surface area contributed by atoms with Gasteiger partial charge in [0.2, 0.25) is 0 Å². The lowest BCUT2D eigenvalue weighted by molar-refractivity contribution is -0.136. The van der Waals surface area contributed by atoms with Gasteiger partial charge in [0.05, 0.1) is 0 Å². The van der Waals surface area contributed by atoms with Crippen molar-refractivity contribution in [2.24, 2.45) is 0 Å². The first-order valence-electron chi connectivity index (χ1n) is 11.5. The molecular formula is C24H37N5O3. The zero-order valence-electron chi connectivity index (χ0n) is 19.9. The highest BCUT2D eigenvalue weighted by Crippen LogP contribution is 2.28. The molecule has 3 rings (SSSR count). The number of hydrogen-bond acceptors (Lipinski definition) is 4. The number of rotatable bonds is 3. The summed E-state index contributed by atoms with van der Waals surface area (Å²) < 4.78 is 0. The van der Waals surface area contributed by atoms with E-state index in [1.54, 1.807) is 17.0 Å². The molecule has 2 saturated heterocycles. The number of piperidine rings is 2. The maximum atomic E-state index is 12.8. The largest absolute Gasteiger partial charge is 0.345 e. The summed E-state index contributed by atoms with van der Waals surface area (Å²) in [6.45, 7) is 11.7. The van der Waals surface area contributed by atoms with Gasteiger partial charge < -0.3 is 26.2 Å². The van der Waals surface area contributed by atoms with Crippen molar-refractivity contribution < 1.29 is 14.4 Å². The first-order valence-corrected chi connectivity index (χ1v) is 11.5. The molecule has 0 bridgehead atoms. The van der Waals surface area contributed by atoms with Crippen LogP contribution in [0.1, 0.15) is 58.9 Å². The van der Waals surface area contributed by atoms with Gasteiger partial charge in [0.15, 0.2) is 0 Å². The molecule has 0 atom stereocenters. The summed E-state index contributed by atoms with van der Waals surface area (Å²) in [6.07, 6.45) is 3.01. The van der Waals surface area contributed by atoms with Crippen molar-refractivity contribution in [3.63, 3.8) is 0 Å². The van der Waals surface area contributed by atoms with E-state index in [2.05, 4.69) is 49.0 Å². The lowest BCUT2D eigenvalue weighted by Gasteiger charge is -2.47. The molecule has 2 heterocycles. The topological polar surface area (TPSA) is 103 Å². The third-order valence-electron chi connectivity index (χ3n) is 6.15. The smallest absolute Gasteiger partial charge is 0.317 e. The zero-order valence-corrected chi connectivity index (χ0v) is 19.9. The van der Waals surface area contributed by atoms with E-state index in [0.717, 1.165) is 18.4 Å². The lowest BCUT2D eigenvalue weighted by atomic mass is 9.79. The van der Waals surface area contributed by atoms with Crippen molar-refractivity contribution in [3.8, 4) is 0 Å². The van der Waals surface area contributed by atoms with Crippen LogP contribution in [0, 0.1) is 6.92 Å². The molecule has 0 radical (unpaired) electrons. The number of nitrogens with zero attached hydrogens (tertiary/aromatic N) is 1. The summed E-state index contributed by atoms with van der Waals surface area (Å²) in [5, 5.41) is 12.2.